The van der Waals surface area contributed by atoms with E-state index in [1.807, 2.05) is 23.1 Å². The van der Waals surface area contributed by atoms with E-state index in [1.54, 1.807) is 26.5 Å². The lowest BCUT2D eigenvalue weighted by molar-refractivity contribution is -0.126. The van der Waals surface area contributed by atoms with Crippen molar-refractivity contribution >= 4 is 46.0 Å². The van der Waals surface area contributed by atoms with E-state index in [-0.39, 0.29) is 18.0 Å². The first-order valence-corrected chi connectivity index (χ1v) is 11.3. The Morgan fingerprint density at radius 3 is 2.61 bits per heavy atom. The Kier molecular flexibility index (Phi) is 5.54. The average Bonchev–Trinajstić information content (AvgIpc) is 3.42. The van der Waals surface area contributed by atoms with Crippen LogP contribution >= 0.6 is 23.2 Å². The molecule has 2 saturated heterocycles. The topological polar surface area (TPSA) is 76.6 Å². The number of anilines is 1. The van der Waals surface area contributed by atoms with Crippen molar-refractivity contribution in [1.82, 2.24) is 14.9 Å². The average molecular weight is 485 g/mol. The van der Waals surface area contributed by atoms with Gasteiger partial charge in [-0.05, 0) is 30.2 Å². The van der Waals surface area contributed by atoms with Crippen molar-refractivity contribution in [1.29, 1.82) is 0 Å². The second-order valence-corrected chi connectivity index (χ2v) is 8.94. The van der Waals surface area contributed by atoms with Crippen LogP contribution in [0.4, 0.5) is 5.95 Å². The molecule has 3 atom stereocenters. The Labute approximate surface area is 201 Å². The van der Waals surface area contributed by atoms with Gasteiger partial charge in [0.2, 0.25) is 11.9 Å². The minimum Gasteiger partial charge on any atom is -0.495 e. The van der Waals surface area contributed by atoms with E-state index < -0.39 is 0 Å². The van der Waals surface area contributed by atoms with Gasteiger partial charge in [-0.2, -0.15) is 0 Å². The molecule has 1 saturated carbocycles. The maximum atomic E-state index is 12.0. The van der Waals surface area contributed by atoms with E-state index in [0.717, 1.165) is 29.4 Å². The minimum atomic E-state index is -0.0229. The van der Waals surface area contributed by atoms with Crippen molar-refractivity contribution in [2.45, 2.75) is 18.5 Å². The van der Waals surface area contributed by atoms with Crippen LogP contribution in [0.25, 0.3) is 22.0 Å². The fourth-order valence-electron chi connectivity index (χ4n) is 4.75. The lowest BCUT2D eigenvalue weighted by Gasteiger charge is -2.36. The zero-order valence-corrected chi connectivity index (χ0v) is 19.7. The van der Waals surface area contributed by atoms with Gasteiger partial charge in [0.1, 0.15) is 11.5 Å². The highest BCUT2D eigenvalue weighted by Crippen LogP contribution is 2.46. The van der Waals surface area contributed by atoms with Crippen LogP contribution in [-0.4, -0.2) is 53.6 Å². The summed E-state index contributed by atoms with van der Waals surface area (Å²) in [5.41, 5.74) is 2.20. The Morgan fingerprint density at radius 1 is 1.21 bits per heavy atom. The molecule has 170 valence electrons. The lowest BCUT2D eigenvalue weighted by atomic mass is 9.80. The third-order valence-electron chi connectivity index (χ3n) is 6.49. The Balaban J connectivity index is 1.43. The zero-order valence-electron chi connectivity index (χ0n) is 18.1. The summed E-state index contributed by atoms with van der Waals surface area (Å²) >= 11 is 13.1. The molecule has 3 aromatic rings. The molecule has 2 aliphatic heterocycles. The second kappa shape index (κ2) is 8.39. The van der Waals surface area contributed by atoms with E-state index in [0.29, 0.717) is 39.0 Å². The van der Waals surface area contributed by atoms with E-state index in [2.05, 4.69) is 21.9 Å². The molecule has 1 aliphatic carbocycles. The fraction of sp³-hybridized carbons (Fsp3) is 0.292. The molecule has 0 spiro atoms. The Morgan fingerprint density at radius 2 is 1.94 bits per heavy atom. The third kappa shape index (κ3) is 3.56. The van der Waals surface area contributed by atoms with Gasteiger partial charge in [-0.1, -0.05) is 35.8 Å². The first-order chi connectivity index (χ1) is 15.9. The Hall–Kier alpha value is -3.03. The van der Waals surface area contributed by atoms with Crippen LogP contribution in [0.3, 0.4) is 0 Å². The number of hydrogen-bond donors (Lipinski definition) is 1. The highest BCUT2D eigenvalue weighted by atomic mass is 35.5. The summed E-state index contributed by atoms with van der Waals surface area (Å²) in [4.78, 5) is 23.1. The predicted molar refractivity (Wildman–Crippen MR) is 129 cm³/mol. The van der Waals surface area contributed by atoms with Crippen molar-refractivity contribution in [3.63, 3.8) is 0 Å². The number of benzene rings is 2. The molecule has 6 rings (SSSR count). The summed E-state index contributed by atoms with van der Waals surface area (Å²) in [5.74, 6) is 1.88. The van der Waals surface area contributed by atoms with Crippen LogP contribution in [0.5, 0.6) is 11.5 Å². The van der Waals surface area contributed by atoms with Gasteiger partial charge in [-0.3, -0.25) is 4.79 Å². The number of amides is 1. The third-order valence-corrected chi connectivity index (χ3v) is 7.24. The maximum absolute atomic E-state index is 12.0. The normalized spacial score (nSPS) is 21.0. The summed E-state index contributed by atoms with van der Waals surface area (Å²) in [6.07, 6.45) is 4.14. The highest BCUT2D eigenvalue weighted by Gasteiger charge is 2.53. The van der Waals surface area contributed by atoms with Gasteiger partial charge in [-0.15, -0.1) is 0 Å². The van der Waals surface area contributed by atoms with Gasteiger partial charge in [0.25, 0.3) is 0 Å². The molecule has 7 nitrogen and oxygen atoms in total. The summed E-state index contributed by atoms with van der Waals surface area (Å²) in [5, 5.41) is 5.06. The standard InChI is InChI=1S/C24H22Cl2N4O3/c1-4-19(31)30-11-14-8-16(30)23(14)29-24-27-10-13-7-12(5-6-15(13)28-24)20-21(25)17(32-2)9-18(33-3)22(20)26/h4-7,9-10,14,16,23H,1,8,11H2,2-3H3,(H,27,28,29)/t14-,16-,23+/m1/s1. The largest absolute Gasteiger partial charge is 0.495 e. The van der Waals surface area contributed by atoms with Crippen LogP contribution in [0, 0.1) is 5.92 Å². The number of methoxy groups -OCH3 is 2. The molecule has 1 aromatic heterocycles. The van der Waals surface area contributed by atoms with E-state index in [4.69, 9.17) is 32.7 Å². The number of rotatable bonds is 6. The first-order valence-electron chi connectivity index (χ1n) is 10.5. The van der Waals surface area contributed by atoms with Crippen LogP contribution in [-0.2, 0) is 4.79 Å². The van der Waals surface area contributed by atoms with Crippen LogP contribution in [0.15, 0.2) is 43.1 Å². The number of nitrogens with one attached hydrogen (secondary N) is 1. The van der Waals surface area contributed by atoms with Crippen molar-refractivity contribution in [2.75, 3.05) is 26.1 Å². The molecular formula is C24H22Cl2N4O3. The van der Waals surface area contributed by atoms with Crippen molar-refractivity contribution in [3.05, 3.63) is 53.2 Å². The van der Waals surface area contributed by atoms with Gasteiger partial charge in [0.05, 0.1) is 41.9 Å². The molecule has 1 amide bonds. The maximum Gasteiger partial charge on any atom is 0.246 e. The van der Waals surface area contributed by atoms with Crippen molar-refractivity contribution < 1.29 is 14.3 Å². The van der Waals surface area contributed by atoms with Gasteiger partial charge in [0.15, 0.2) is 0 Å². The van der Waals surface area contributed by atoms with Gasteiger partial charge in [0, 0.05) is 35.7 Å². The minimum absolute atomic E-state index is 0.0229. The fourth-order valence-corrected chi connectivity index (χ4v) is 5.47. The number of halogens is 2. The van der Waals surface area contributed by atoms with Gasteiger partial charge in [-0.25, -0.2) is 9.97 Å². The number of carbonyl (C=O) groups excluding carboxylic acids is 1. The van der Waals surface area contributed by atoms with E-state index >= 15 is 0 Å². The lowest BCUT2D eigenvalue weighted by Crippen LogP contribution is -2.49. The first kappa shape index (κ1) is 21.8. The number of fused-ring (bicyclic) bond motifs is 2. The molecule has 1 N–H and O–H groups in total. The molecule has 2 aromatic carbocycles. The van der Waals surface area contributed by atoms with Crippen LogP contribution in [0.1, 0.15) is 6.42 Å². The number of carbonyl (C=O) groups is 1. The number of aromatic nitrogens is 2. The molecule has 2 bridgehead atoms. The van der Waals surface area contributed by atoms with E-state index in [9.17, 15) is 4.79 Å². The molecule has 3 heterocycles. The van der Waals surface area contributed by atoms with E-state index in [1.165, 1.54) is 6.08 Å². The molecule has 3 fully saturated rings. The van der Waals surface area contributed by atoms with Crippen molar-refractivity contribution in [3.8, 4) is 22.6 Å². The quantitative estimate of drug-likeness (QED) is 0.505. The zero-order chi connectivity index (χ0) is 23.3. The monoisotopic (exact) mass is 484 g/mol. The summed E-state index contributed by atoms with van der Waals surface area (Å²) in [6.45, 7) is 4.34. The Bertz CT molecular complexity index is 1250. The van der Waals surface area contributed by atoms with Crippen LogP contribution < -0.4 is 14.8 Å². The molecular weight excluding hydrogens is 463 g/mol. The molecule has 0 unspecified atom stereocenters. The number of ether oxygens (including phenoxy) is 2. The molecule has 0 radical (unpaired) electrons. The van der Waals surface area contributed by atoms with Crippen molar-refractivity contribution in [2.24, 2.45) is 5.92 Å². The predicted octanol–water partition coefficient (Wildman–Crippen LogP) is 4.82. The van der Waals surface area contributed by atoms with Gasteiger partial charge < -0.3 is 19.7 Å². The summed E-state index contributed by atoms with van der Waals surface area (Å²) in [6, 6.07) is 7.72. The number of hydrogen-bond acceptors (Lipinski definition) is 6. The summed E-state index contributed by atoms with van der Waals surface area (Å²) in [7, 11) is 3.09. The molecule has 9 heteroatoms. The summed E-state index contributed by atoms with van der Waals surface area (Å²) < 4.78 is 10.8. The highest BCUT2D eigenvalue weighted by molar-refractivity contribution is 6.41. The SMILES string of the molecule is C=CC(=O)N1C[C@H]2C[C@@H]1[C@H]2Nc1ncc2cc(-c3c(Cl)c(OC)cc(OC)c3Cl)ccc2n1. The van der Waals surface area contributed by atoms with Crippen LogP contribution in [0.2, 0.25) is 10.0 Å². The van der Waals surface area contributed by atoms with Gasteiger partial charge >= 0.3 is 0 Å². The second-order valence-electron chi connectivity index (χ2n) is 8.18. The number of nitrogens with zero attached hydrogens (tertiary/aromatic N) is 3. The molecule has 33 heavy (non-hydrogen) atoms. The smallest absolute Gasteiger partial charge is 0.246 e. The molecule has 3 aliphatic rings.